The van der Waals surface area contributed by atoms with Gasteiger partial charge in [0.1, 0.15) is 5.83 Å². The lowest BCUT2D eigenvalue weighted by Gasteiger charge is -2.33. The summed E-state index contributed by atoms with van der Waals surface area (Å²) in [7, 11) is 0. The van der Waals surface area contributed by atoms with Gasteiger partial charge in [0.15, 0.2) is 5.96 Å². The molecular formula is C12H19FN4. The van der Waals surface area contributed by atoms with Crippen molar-refractivity contribution in [2.45, 2.75) is 32.2 Å². The van der Waals surface area contributed by atoms with E-state index >= 15 is 0 Å². The van der Waals surface area contributed by atoms with E-state index in [1.807, 2.05) is 4.90 Å². The highest BCUT2D eigenvalue weighted by Crippen LogP contribution is 2.15. The van der Waals surface area contributed by atoms with E-state index in [-0.39, 0.29) is 0 Å². The van der Waals surface area contributed by atoms with Gasteiger partial charge in [-0.1, -0.05) is 0 Å². The number of allylic oxidation sites excluding steroid dienone is 3. The SMILES string of the molecule is C[C@H]1CCCCN1C(N)=N/C=C(F)\C=C/C=N. The smallest absolute Gasteiger partial charge is 0.196 e. The molecule has 0 aromatic rings. The van der Waals surface area contributed by atoms with Crippen LogP contribution in [0.3, 0.4) is 0 Å². The van der Waals surface area contributed by atoms with E-state index in [0.717, 1.165) is 31.8 Å². The summed E-state index contributed by atoms with van der Waals surface area (Å²) >= 11 is 0. The molecule has 1 aliphatic rings. The van der Waals surface area contributed by atoms with Gasteiger partial charge in [0.05, 0.1) is 6.20 Å². The number of piperidine rings is 1. The maximum absolute atomic E-state index is 13.1. The first-order chi connectivity index (χ1) is 8.15. The molecule has 0 spiro atoms. The lowest BCUT2D eigenvalue weighted by molar-refractivity contribution is 0.256. The van der Waals surface area contributed by atoms with Crippen molar-refractivity contribution in [3.05, 3.63) is 24.2 Å². The second-order valence-corrected chi connectivity index (χ2v) is 4.07. The fraction of sp³-hybridized carbons (Fsp3) is 0.500. The van der Waals surface area contributed by atoms with Gasteiger partial charge < -0.3 is 16.0 Å². The van der Waals surface area contributed by atoms with Gasteiger partial charge in [0.25, 0.3) is 0 Å². The van der Waals surface area contributed by atoms with Gasteiger partial charge in [-0.25, -0.2) is 9.38 Å². The minimum Gasteiger partial charge on any atom is -0.369 e. The maximum atomic E-state index is 13.1. The van der Waals surface area contributed by atoms with Crippen LogP contribution in [-0.4, -0.2) is 29.7 Å². The van der Waals surface area contributed by atoms with E-state index < -0.39 is 5.83 Å². The number of rotatable bonds is 3. The molecular weight excluding hydrogens is 219 g/mol. The summed E-state index contributed by atoms with van der Waals surface area (Å²) in [6.45, 7) is 2.97. The Hall–Kier alpha value is -1.65. The van der Waals surface area contributed by atoms with Crippen LogP contribution in [0.25, 0.3) is 0 Å². The molecule has 1 aliphatic heterocycles. The molecule has 1 fully saturated rings. The van der Waals surface area contributed by atoms with Crippen LogP contribution in [0.4, 0.5) is 4.39 Å². The average molecular weight is 238 g/mol. The van der Waals surface area contributed by atoms with E-state index in [0.29, 0.717) is 12.0 Å². The second-order valence-electron chi connectivity index (χ2n) is 4.07. The van der Waals surface area contributed by atoms with Gasteiger partial charge in [-0.15, -0.1) is 0 Å². The van der Waals surface area contributed by atoms with Gasteiger partial charge in [0, 0.05) is 18.8 Å². The molecule has 0 bridgehead atoms. The van der Waals surface area contributed by atoms with Gasteiger partial charge in [-0.3, -0.25) is 0 Å². The summed E-state index contributed by atoms with van der Waals surface area (Å²) in [5.41, 5.74) is 5.81. The lowest BCUT2D eigenvalue weighted by atomic mass is 10.0. The summed E-state index contributed by atoms with van der Waals surface area (Å²) < 4.78 is 13.1. The molecule has 1 rings (SSSR count). The topological polar surface area (TPSA) is 65.5 Å². The third-order valence-electron chi connectivity index (χ3n) is 2.77. The molecule has 0 saturated carbocycles. The Kier molecular flexibility index (Phi) is 5.39. The van der Waals surface area contributed by atoms with Crippen molar-refractivity contribution in [3.8, 4) is 0 Å². The molecule has 3 N–H and O–H groups in total. The van der Waals surface area contributed by atoms with Crippen LogP contribution in [0.1, 0.15) is 26.2 Å². The summed E-state index contributed by atoms with van der Waals surface area (Å²) in [6.07, 6.45) is 7.95. The number of guanidine groups is 1. The molecule has 0 amide bonds. The Morgan fingerprint density at radius 2 is 2.29 bits per heavy atom. The van der Waals surface area contributed by atoms with E-state index in [1.165, 1.54) is 18.6 Å². The standard InChI is InChI=1S/C12H19FN4/c1-10-5-2-3-8-17(10)12(15)16-9-11(13)6-4-7-14/h4,6-7,9-10,14H,2-3,5,8H2,1H3,(H2,15,16)/b6-4-,11-9+,14-7?/t10-/m0/s1. The van der Waals surface area contributed by atoms with Gasteiger partial charge >= 0.3 is 0 Å². The fourth-order valence-electron chi connectivity index (χ4n) is 1.82. The van der Waals surface area contributed by atoms with Crippen LogP contribution in [-0.2, 0) is 0 Å². The molecule has 0 aromatic heterocycles. The monoisotopic (exact) mass is 238 g/mol. The number of aliphatic imine (C=N–C) groups is 1. The normalized spacial score (nSPS) is 23.2. The zero-order valence-electron chi connectivity index (χ0n) is 10.1. The molecule has 1 heterocycles. The molecule has 0 aliphatic carbocycles. The number of nitrogens with one attached hydrogen (secondary N) is 1. The first kappa shape index (κ1) is 13.4. The molecule has 4 nitrogen and oxygen atoms in total. The van der Waals surface area contributed by atoms with E-state index in [1.54, 1.807) is 0 Å². The van der Waals surface area contributed by atoms with Crippen molar-refractivity contribution < 1.29 is 4.39 Å². The number of halogens is 1. The first-order valence-corrected chi connectivity index (χ1v) is 5.78. The van der Waals surface area contributed by atoms with Crippen molar-refractivity contribution in [3.63, 3.8) is 0 Å². The minimum atomic E-state index is -0.513. The predicted octanol–water partition coefficient (Wildman–Crippen LogP) is 2.19. The van der Waals surface area contributed by atoms with Gasteiger partial charge in [-0.2, -0.15) is 0 Å². The van der Waals surface area contributed by atoms with Crippen molar-refractivity contribution in [1.29, 1.82) is 5.41 Å². The van der Waals surface area contributed by atoms with Crippen LogP contribution < -0.4 is 5.73 Å². The van der Waals surface area contributed by atoms with E-state index in [4.69, 9.17) is 11.1 Å². The van der Waals surface area contributed by atoms with Crippen LogP contribution in [0.5, 0.6) is 0 Å². The highest BCUT2D eigenvalue weighted by atomic mass is 19.1. The van der Waals surface area contributed by atoms with Crippen LogP contribution >= 0.6 is 0 Å². The second kappa shape index (κ2) is 6.83. The van der Waals surface area contributed by atoms with Crippen molar-refractivity contribution in [2.75, 3.05) is 6.54 Å². The summed E-state index contributed by atoms with van der Waals surface area (Å²) in [5, 5.41) is 6.73. The highest BCUT2D eigenvalue weighted by Gasteiger charge is 2.19. The summed E-state index contributed by atoms with van der Waals surface area (Å²) in [6, 6.07) is 0.362. The maximum Gasteiger partial charge on any atom is 0.196 e. The summed E-state index contributed by atoms with van der Waals surface area (Å²) in [4.78, 5) is 5.90. The fourth-order valence-corrected chi connectivity index (χ4v) is 1.82. The van der Waals surface area contributed by atoms with Crippen molar-refractivity contribution >= 4 is 12.2 Å². The predicted molar refractivity (Wildman–Crippen MR) is 68.8 cm³/mol. The molecule has 1 saturated heterocycles. The van der Waals surface area contributed by atoms with Crippen molar-refractivity contribution in [2.24, 2.45) is 10.7 Å². The molecule has 0 unspecified atom stereocenters. The average Bonchev–Trinajstić information content (AvgIpc) is 2.34. The van der Waals surface area contributed by atoms with Gasteiger partial charge in [0.2, 0.25) is 0 Å². The third-order valence-corrected chi connectivity index (χ3v) is 2.77. The Labute approximate surface area is 101 Å². The first-order valence-electron chi connectivity index (χ1n) is 5.78. The zero-order chi connectivity index (χ0) is 12.7. The number of hydrogen-bond acceptors (Lipinski definition) is 2. The Morgan fingerprint density at radius 1 is 1.53 bits per heavy atom. The molecule has 5 heteroatoms. The minimum absolute atomic E-state index is 0.357. The Bertz CT molecular complexity index is 346. The van der Waals surface area contributed by atoms with E-state index in [9.17, 15) is 4.39 Å². The quantitative estimate of drug-likeness (QED) is 0.449. The lowest BCUT2D eigenvalue weighted by Crippen LogP contribution is -2.45. The molecule has 0 aromatic carbocycles. The van der Waals surface area contributed by atoms with Crippen molar-refractivity contribution in [1.82, 2.24) is 4.90 Å². The van der Waals surface area contributed by atoms with Crippen LogP contribution in [0, 0.1) is 5.41 Å². The number of hydrogen-bond donors (Lipinski definition) is 2. The molecule has 0 radical (unpaired) electrons. The van der Waals surface area contributed by atoms with E-state index in [2.05, 4.69) is 11.9 Å². The third kappa shape index (κ3) is 4.38. The van der Waals surface area contributed by atoms with Gasteiger partial charge in [-0.05, 0) is 38.3 Å². The molecule has 1 atom stereocenters. The number of nitrogens with two attached hydrogens (primary N) is 1. The van der Waals surface area contributed by atoms with Crippen LogP contribution in [0.2, 0.25) is 0 Å². The Balaban J connectivity index is 2.64. The largest absolute Gasteiger partial charge is 0.369 e. The zero-order valence-corrected chi connectivity index (χ0v) is 10.1. The highest BCUT2D eigenvalue weighted by molar-refractivity contribution is 5.79. The number of nitrogens with zero attached hydrogens (tertiary/aromatic N) is 2. The van der Waals surface area contributed by atoms with Crippen LogP contribution in [0.15, 0.2) is 29.2 Å². The molecule has 94 valence electrons. The number of likely N-dealkylation sites (tertiary alicyclic amines) is 1. The Morgan fingerprint density at radius 3 is 2.94 bits per heavy atom. The summed E-state index contributed by atoms with van der Waals surface area (Å²) in [5.74, 6) is -0.156. The molecule has 17 heavy (non-hydrogen) atoms.